The maximum Gasteiger partial charge on any atom is 0.0834 e. The molecular formula is C15H27ClN4O. The molecule has 1 aliphatic rings. The van der Waals surface area contributed by atoms with Crippen molar-refractivity contribution in [1.82, 2.24) is 15.2 Å². The van der Waals surface area contributed by atoms with Gasteiger partial charge in [-0.1, -0.05) is 37.8 Å². The first kappa shape index (κ1) is 16.7. The summed E-state index contributed by atoms with van der Waals surface area (Å²) >= 11 is 6.35. The van der Waals surface area contributed by atoms with E-state index in [1.807, 2.05) is 4.68 Å². The monoisotopic (exact) mass is 314 g/mol. The Bertz CT molecular complexity index is 429. The molecule has 2 rings (SSSR count). The van der Waals surface area contributed by atoms with Gasteiger partial charge in [0.1, 0.15) is 0 Å². The Kier molecular flexibility index (Phi) is 6.48. The number of nitrogens with one attached hydrogen (secondary N) is 1. The maximum absolute atomic E-state index is 6.35. The van der Waals surface area contributed by atoms with Crippen molar-refractivity contribution in [1.29, 1.82) is 0 Å². The highest BCUT2D eigenvalue weighted by molar-refractivity contribution is 6.31. The smallest absolute Gasteiger partial charge is 0.0834 e. The molecule has 1 unspecified atom stereocenters. The molecule has 0 aromatic carbocycles. The van der Waals surface area contributed by atoms with Crippen molar-refractivity contribution in [2.24, 2.45) is 17.7 Å². The molecule has 1 aromatic rings. The van der Waals surface area contributed by atoms with Gasteiger partial charge in [-0.25, -0.2) is 0 Å². The number of halogens is 1. The molecule has 1 aliphatic carbocycles. The SMILES string of the molecule is CCC1CCC(C(NN)c2c(Cl)cnn2CCOC)CC1. The molecule has 0 saturated heterocycles. The molecule has 21 heavy (non-hydrogen) atoms. The van der Waals surface area contributed by atoms with E-state index in [1.165, 1.54) is 32.1 Å². The molecule has 0 amide bonds. The molecule has 3 N–H and O–H groups in total. The third-order valence-electron chi connectivity index (χ3n) is 4.75. The fourth-order valence-electron chi connectivity index (χ4n) is 3.41. The second kappa shape index (κ2) is 8.13. The summed E-state index contributed by atoms with van der Waals surface area (Å²) in [5.41, 5.74) is 3.98. The molecule has 6 heteroatoms. The van der Waals surface area contributed by atoms with Gasteiger partial charge in [0.2, 0.25) is 0 Å². The topological polar surface area (TPSA) is 65.1 Å². The van der Waals surface area contributed by atoms with E-state index in [9.17, 15) is 0 Å². The first-order valence-corrected chi connectivity index (χ1v) is 8.25. The van der Waals surface area contributed by atoms with Crippen LogP contribution in [0.15, 0.2) is 6.20 Å². The lowest BCUT2D eigenvalue weighted by Gasteiger charge is -2.33. The van der Waals surface area contributed by atoms with Crippen molar-refractivity contribution in [2.45, 2.75) is 51.6 Å². The predicted molar refractivity (Wildman–Crippen MR) is 84.9 cm³/mol. The third-order valence-corrected chi connectivity index (χ3v) is 5.05. The van der Waals surface area contributed by atoms with E-state index < -0.39 is 0 Å². The lowest BCUT2D eigenvalue weighted by atomic mass is 9.77. The second-order valence-corrected chi connectivity index (χ2v) is 6.33. The third kappa shape index (κ3) is 3.97. The van der Waals surface area contributed by atoms with Crippen molar-refractivity contribution in [3.8, 4) is 0 Å². The first-order chi connectivity index (χ1) is 10.2. The summed E-state index contributed by atoms with van der Waals surface area (Å²) in [5.74, 6) is 7.24. The highest BCUT2D eigenvalue weighted by Crippen LogP contribution is 2.39. The van der Waals surface area contributed by atoms with Gasteiger partial charge in [-0.3, -0.25) is 16.0 Å². The molecule has 1 heterocycles. The lowest BCUT2D eigenvalue weighted by Crippen LogP contribution is -2.37. The zero-order valence-corrected chi connectivity index (χ0v) is 13.8. The minimum absolute atomic E-state index is 0.0645. The van der Waals surface area contributed by atoms with Gasteiger partial charge in [-0.05, 0) is 24.7 Å². The van der Waals surface area contributed by atoms with E-state index in [0.29, 0.717) is 24.1 Å². The zero-order valence-electron chi connectivity index (χ0n) is 13.0. The zero-order chi connectivity index (χ0) is 15.2. The molecule has 1 saturated carbocycles. The largest absolute Gasteiger partial charge is 0.383 e. The van der Waals surface area contributed by atoms with Crippen LogP contribution in [0.4, 0.5) is 0 Å². The van der Waals surface area contributed by atoms with Crippen molar-refractivity contribution in [2.75, 3.05) is 13.7 Å². The Morgan fingerprint density at radius 3 is 2.76 bits per heavy atom. The summed E-state index contributed by atoms with van der Waals surface area (Å²) in [4.78, 5) is 0. The Hall–Kier alpha value is -0.620. The lowest BCUT2D eigenvalue weighted by molar-refractivity contribution is 0.176. The summed E-state index contributed by atoms with van der Waals surface area (Å²) in [7, 11) is 1.69. The molecule has 1 aromatic heterocycles. The summed E-state index contributed by atoms with van der Waals surface area (Å²) in [5, 5.41) is 5.04. The molecule has 0 bridgehead atoms. The van der Waals surface area contributed by atoms with Gasteiger partial charge in [0.15, 0.2) is 0 Å². The predicted octanol–water partition coefficient (Wildman–Crippen LogP) is 2.90. The van der Waals surface area contributed by atoms with Crippen LogP contribution in [0.5, 0.6) is 0 Å². The van der Waals surface area contributed by atoms with E-state index >= 15 is 0 Å². The average Bonchev–Trinajstić information content (AvgIpc) is 2.88. The van der Waals surface area contributed by atoms with Crippen LogP contribution in [0, 0.1) is 11.8 Å². The minimum Gasteiger partial charge on any atom is -0.383 e. The van der Waals surface area contributed by atoms with Gasteiger partial charge in [0.25, 0.3) is 0 Å². The van der Waals surface area contributed by atoms with Gasteiger partial charge in [0, 0.05) is 7.11 Å². The summed E-state index contributed by atoms with van der Waals surface area (Å²) in [6.07, 6.45) is 7.93. The molecule has 0 radical (unpaired) electrons. The van der Waals surface area contributed by atoms with Gasteiger partial charge in [-0.15, -0.1) is 0 Å². The highest BCUT2D eigenvalue weighted by Gasteiger charge is 2.31. The van der Waals surface area contributed by atoms with E-state index in [1.54, 1.807) is 13.3 Å². The van der Waals surface area contributed by atoms with E-state index in [4.69, 9.17) is 22.2 Å². The van der Waals surface area contributed by atoms with E-state index in [2.05, 4.69) is 17.4 Å². The van der Waals surface area contributed by atoms with E-state index in [-0.39, 0.29) is 6.04 Å². The Labute approximate surface area is 132 Å². The van der Waals surface area contributed by atoms with Crippen molar-refractivity contribution in [3.63, 3.8) is 0 Å². The van der Waals surface area contributed by atoms with Crippen molar-refractivity contribution < 1.29 is 4.74 Å². The van der Waals surface area contributed by atoms with Gasteiger partial charge < -0.3 is 4.74 Å². The molecule has 5 nitrogen and oxygen atoms in total. The number of nitrogens with zero attached hydrogens (tertiary/aromatic N) is 2. The van der Waals surface area contributed by atoms with Crippen LogP contribution in [-0.2, 0) is 11.3 Å². The van der Waals surface area contributed by atoms with Crippen LogP contribution >= 0.6 is 11.6 Å². The maximum atomic E-state index is 6.35. The Morgan fingerprint density at radius 2 is 2.19 bits per heavy atom. The van der Waals surface area contributed by atoms with Crippen LogP contribution < -0.4 is 11.3 Å². The molecule has 1 fully saturated rings. The van der Waals surface area contributed by atoms with Crippen LogP contribution in [0.1, 0.15) is 50.8 Å². The summed E-state index contributed by atoms with van der Waals surface area (Å²) in [6.45, 7) is 3.59. The van der Waals surface area contributed by atoms with Crippen LogP contribution in [0.25, 0.3) is 0 Å². The fraction of sp³-hybridized carbons (Fsp3) is 0.800. The van der Waals surface area contributed by atoms with E-state index in [0.717, 1.165) is 11.6 Å². The molecular weight excluding hydrogens is 288 g/mol. The van der Waals surface area contributed by atoms with Crippen LogP contribution in [0.2, 0.25) is 5.02 Å². The summed E-state index contributed by atoms with van der Waals surface area (Å²) in [6, 6.07) is 0.0645. The summed E-state index contributed by atoms with van der Waals surface area (Å²) < 4.78 is 7.06. The molecule has 120 valence electrons. The standard InChI is InChI=1S/C15H27ClN4O/c1-3-11-4-6-12(7-5-11)14(19-17)15-13(16)10-18-20(15)8-9-21-2/h10-12,14,19H,3-9,17H2,1-2H3. The number of hydrazine groups is 1. The van der Waals surface area contributed by atoms with Gasteiger partial charge >= 0.3 is 0 Å². The quantitative estimate of drug-likeness (QED) is 0.600. The Balaban J connectivity index is 2.12. The fourth-order valence-corrected chi connectivity index (χ4v) is 3.66. The highest BCUT2D eigenvalue weighted by atomic mass is 35.5. The number of hydrogen-bond donors (Lipinski definition) is 2. The van der Waals surface area contributed by atoms with Crippen LogP contribution in [-0.4, -0.2) is 23.5 Å². The molecule has 0 aliphatic heterocycles. The van der Waals surface area contributed by atoms with Crippen LogP contribution in [0.3, 0.4) is 0 Å². The number of hydrogen-bond acceptors (Lipinski definition) is 4. The van der Waals surface area contributed by atoms with Crippen molar-refractivity contribution in [3.05, 3.63) is 16.9 Å². The first-order valence-electron chi connectivity index (χ1n) is 7.87. The number of rotatable bonds is 7. The molecule has 0 spiro atoms. The number of nitrogens with two attached hydrogens (primary N) is 1. The molecule has 1 atom stereocenters. The number of ether oxygens (including phenoxy) is 1. The van der Waals surface area contributed by atoms with Gasteiger partial charge in [-0.2, -0.15) is 5.10 Å². The minimum atomic E-state index is 0.0645. The van der Waals surface area contributed by atoms with Crippen molar-refractivity contribution >= 4 is 11.6 Å². The number of methoxy groups -OCH3 is 1. The second-order valence-electron chi connectivity index (χ2n) is 5.93. The normalized spacial score (nSPS) is 24.2. The average molecular weight is 315 g/mol. The van der Waals surface area contributed by atoms with Gasteiger partial charge in [0.05, 0.1) is 36.1 Å². The number of aromatic nitrogens is 2. The Morgan fingerprint density at radius 1 is 1.48 bits per heavy atom.